The van der Waals surface area contributed by atoms with Crippen molar-refractivity contribution in [3.8, 4) is 11.1 Å². The van der Waals surface area contributed by atoms with Crippen LogP contribution in [-0.4, -0.2) is 59.8 Å². The number of esters is 1. The van der Waals surface area contributed by atoms with Gasteiger partial charge in [0.15, 0.2) is 0 Å². The van der Waals surface area contributed by atoms with Crippen molar-refractivity contribution in [2.24, 2.45) is 17.8 Å². The van der Waals surface area contributed by atoms with Crippen LogP contribution in [-0.2, 0) is 20.8 Å². The van der Waals surface area contributed by atoms with Gasteiger partial charge >= 0.3 is 12.0 Å². The second-order valence-corrected chi connectivity index (χ2v) is 13.7. The molecule has 2 aromatic carbocycles. The van der Waals surface area contributed by atoms with E-state index >= 15 is 0 Å². The monoisotopic (exact) mass is 598 g/mol. The molecule has 2 amide bonds. The molecule has 1 saturated heterocycles. The molecule has 0 radical (unpaired) electrons. The van der Waals surface area contributed by atoms with Crippen LogP contribution in [0.1, 0.15) is 65.0 Å². The fraction of sp³-hybridized carbons (Fsp3) is 0.528. The van der Waals surface area contributed by atoms with Crippen LogP contribution < -0.4 is 10.6 Å². The van der Waals surface area contributed by atoms with Crippen molar-refractivity contribution in [2.45, 2.75) is 77.5 Å². The summed E-state index contributed by atoms with van der Waals surface area (Å²) in [5, 5.41) is 8.45. The lowest BCUT2D eigenvalue weighted by Crippen LogP contribution is -2.35. The van der Waals surface area contributed by atoms with Gasteiger partial charge in [0.25, 0.3) is 0 Å². The number of morpholine rings is 1. The van der Waals surface area contributed by atoms with Crippen LogP contribution in [0.25, 0.3) is 21.9 Å². The molecule has 3 aliphatic rings. The first kappa shape index (κ1) is 30.5. The Labute approximate surface area is 260 Å². The molecule has 1 aromatic heterocycles. The van der Waals surface area contributed by atoms with Gasteiger partial charge in [-0.25, -0.2) is 4.79 Å². The number of nitrogens with one attached hydrogen (secondary N) is 2. The molecule has 3 aromatic rings. The summed E-state index contributed by atoms with van der Waals surface area (Å²) >= 11 is 0. The third-order valence-electron chi connectivity index (χ3n) is 9.36. The zero-order chi connectivity index (χ0) is 30.7. The summed E-state index contributed by atoms with van der Waals surface area (Å²) in [4.78, 5) is 32.5. The van der Waals surface area contributed by atoms with Gasteiger partial charge in [-0.1, -0.05) is 49.2 Å². The molecule has 2 saturated carbocycles. The Bertz CT molecular complexity index is 1460. The lowest BCUT2D eigenvalue weighted by atomic mass is 9.87. The van der Waals surface area contributed by atoms with Crippen molar-refractivity contribution in [1.82, 2.24) is 15.2 Å². The number of fused-ring (bicyclic) bond motifs is 1. The number of hydrogen-bond acceptors (Lipinski definition) is 6. The number of carbonyl (C=O) groups is 2. The van der Waals surface area contributed by atoms with E-state index in [9.17, 15) is 9.59 Å². The topological polar surface area (TPSA) is 92.8 Å². The third kappa shape index (κ3) is 7.59. The van der Waals surface area contributed by atoms with Gasteiger partial charge in [0.05, 0.1) is 24.6 Å². The molecule has 0 spiro atoms. The van der Waals surface area contributed by atoms with Gasteiger partial charge in [-0.2, -0.15) is 0 Å². The van der Waals surface area contributed by atoms with Crippen molar-refractivity contribution in [1.29, 1.82) is 0 Å². The highest BCUT2D eigenvalue weighted by Crippen LogP contribution is 2.49. The average Bonchev–Trinajstić information content (AvgIpc) is 3.59. The first-order chi connectivity index (χ1) is 21.2. The lowest BCUT2D eigenvalue weighted by Gasteiger charge is -2.26. The summed E-state index contributed by atoms with van der Waals surface area (Å²) in [5.41, 5.74) is 3.56. The number of urea groups is 1. The third-order valence-corrected chi connectivity index (χ3v) is 9.36. The lowest BCUT2D eigenvalue weighted by molar-refractivity contribution is -0.155. The number of amides is 2. The van der Waals surface area contributed by atoms with Crippen LogP contribution in [0.2, 0.25) is 0 Å². The summed E-state index contributed by atoms with van der Waals surface area (Å²) < 4.78 is 11.0. The molecular formula is C36H46N4O4. The molecular weight excluding hydrogens is 552 g/mol. The predicted molar refractivity (Wildman–Crippen MR) is 173 cm³/mol. The van der Waals surface area contributed by atoms with E-state index in [1.54, 1.807) is 0 Å². The Morgan fingerprint density at radius 2 is 1.80 bits per heavy atom. The molecule has 1 aliphatic heterocycles. The van der Waals surface area contributed by atoms with Gasteiger partial charge < -0.3 is 20.1 Å². The Morgan fingerprint density at radius 1 is 1.00 bits per heavy atom. The second kappa shape index (κ2) is 13.2. The molecule has 3 fully saturated rings. The number of rotatable bonds is 9. The maximum absolute atomic E-state index is 13.1. The van der Waals surface area contributed by atoms with Crippen molar-refractivity contribution >= 4 is 28.5 Å². The van der Waals surface area contributed by atoms with E-state index in [4.69, 9.17) is 14.5 Å². The van der Waals surface area contributed by atoms with Gasteiger partial charge in [0.2, 0.25) is 0 Å². The molecule has 8 heteroatoms. The van der Waals surface area contributed by atoms with Crippen LogP contribution >= 0.6 is 0 Å². The maximum Gasteiger partial charge on any atom is 0.319 e. The fourth-order valence-electron chi connectivity index (χ4n) is 7.19. The number of anilines is 1. The number of ether oxygens (including phenoxy) is 2. The van der Waals surface area contributed by atoms with Crippen LogP contribution in [0.15, 0.2) is 54.7 Å². The first-order valence-corrected chi connectivity index (χ1v) is 16.3. The molecule has 234 valence electrons. The minimum Gasteiger partial charge on any atom is -0.460 e. The highest BCUT2D eigenvalue weighted by atomic mass is 16.6. The van der Waals surface area contributed by atoms with Crippen LogP contribution in [0, 0.1) is 17.8 Å². The Hall–Kier alpha value is -3.49. The molecule has 2 aliphatic carbocycles. The Balaban J connectivity index is 1.05. The van der Waals surface area contributed by atoms with E-state index in [1.165, 1.54) is 12.8 Å². The SMILES string of the molecule is CC(C)(C)OC(=O)CCC1CCCC1C1CC1NC(=O)Nc1ccc(-c2ccc(CN3CCOCC3)nc2)c2ccccc12. The minimum absolute atomic E-state index is 0.108. The molecule has 2 heterocycles. The fourth-order valence-corrected chi connectivity index (χ4v) is 7.19. The highest BCUT2D eigenvalue weighted by molar-refractivity contribution is 6.07. The van der Waals surface area contributed by atoms with Crippen molar-refractivity contribution in [3.63, 3.8) is 0 Å². The van der Waals surface area contributed by atoms with Gasteiger partial charge in [0.1, 0.15) is 5.60 Å². The predicted octanol–water partition coefficient (Wildman–Crippen LogP) is 6.78. The van der Waals surface area contributed by atoms with E-state index < -0.39 is 5.60 Å². The zero-order valence-corrected chi connectivity index (χ0v) is 26.3. The van der Waals surface area contributed by atoms with Crippen LogP contribution in [0.5, 0.6) is 0 Å². The number of carbonyl (C=O) groups excluding carboxylic acids is 2. The second-order valence-electron chi connectivity index (χ2n) is 13.7. The van der Waals surface area contributed by atoms with Gasteiger partial charge in [-0.05, 0) is 80.9 Å². The van der Waals surface area contributed by atoms with Crippen molar-refractivity contribution in [2.75, 3.05) is 31.6 Å². The van der Waals surface area contributed by atoms with Crippen molar-refractivity contribution < 1.29 is 19.1 Å². The van der Waals surface area contributed by atoms with Crippen LogP contribution in [0.4, 0.5) is 10.5 Å². The van der Waals surface area contributed by atoms with Gasteiger partial charge in [-0.15, -0.1) is 0 Å². The van der Waals surface area contributed by atoms with E-state index in [0.29, 0.717) is 24.2 Å². The largest absolute Gasteiger partial charge is 0.460 e. The van der Waals surface area contributed by atoms with Crippen molar-refractivity contribution in [3.05, 3.63) is 60.4 Å². The smallest absolute Gasteiger partial charge is 0.319 e. The normalized spacial score (nSPS) is 23.8. The van der Waals surface area contributed by atoms with E-state index in [2.05, 4.69) is 45.9 Å². The number of nitrogens with zero attached hydrogens (tertiary/aromatic N) is 2. The molecule has 2 N–H and O–H groups in total. The highest BCUT2D eigenvalue weighted by Gasteiger charge is 2.48. The van der Waals surface area contributed by atoms with E-state index in [0.717, 1.165) is 85.4 Å². The van der Waals surface area contributed by atoms with E-state index in [1.807, 2.05) is 45.2 Å². The first-order valence-electron chi connectivity index (χ1n) is 16.3. The molecule has 6 rings (SSSR count). The number of pyridine rings is 1. The quantitative estimate of drug-likeness (QED) is 0.264. The number of hydrogen-bond donors (Lipinski definition) is 2. The summed E-state index contributed by atoms with van der Waals surface area (Å²) in [6, 6.07) is 16.5. The average molecular weight is 599 g/mol. The molecule has 8 nitrogen and oxygen atoms in total. The number of benzene rings is 2. The summed E-state index contributed by atoms with van der Waals surface area (Å²) in [7, 11) is 0. The standard InChI is InChI=1S/C36H46N4O4/c1-36(2,3)44-34(41)16-12-24-7-6-10-27(24)31-21-33(31)39-35(42)38-32-15-14-28(29-8-4-5-9-30(29)32)25-11-13-26(37-22-25)23-40-17-19-43-20-18-40/h4-5,8-9,11,13-15,22,24,27,31,33H,6-7,10,12,16-21,23H2,1-3H3,(H2,38,39,42). The molecule has 0 bridgehead atoms. The van der Waals surface area contributed by atoms with E-state index in [-0.39, 0.29) is 18.0 Å². The molecule has 4 unspecified atom stereocenters. The molecule has 44 heavy (non-hydrogen) atoms. The van der Waals surface area contributed by atoms with Gasteiger partial charge in [0, 0.05) is 49.2 Å². The maximum atomic E-state index is 13.1. The number of aromatic nitrogens is 1. The summed E-state index contributed by atoms with van der Waals surface area (Å²) in [6.07, 6.45) is 7.85. The zero-order valence-electron chi connectivity index (χ0n) is 26.3. The Kier molecular flexibility index (Phi) is 9.19. The van der Waals surface area contributed by atoms with Gasteiger partial charge in [-0.3, -0.25) is 14.7 Å². The molecule has 4 atom stereocenters. The summed E-state index contributed by atoms with van der Waals surface area (Å²) in [6.45, 7) is 10.0. The Morgan fingerprint density at radius 3 is 2.55 bits per heavy atom. The summed E-state index contributed by atoms with van der Waals surface area (Å²) in [5.74, 6) is 1.48. The van der Waals surface area contributed by atoms with Crippen LogP contribution in [0.3, 0.4) is 0 Å². The minimum atomic E-state index is -0.442.